The molecule has 0 N–H and O–H groups in total. The fourth-order valence-electron chi connectivity index (χ4n) is 1.98. The Morgan fingerprint density at radius 3 is 2.48 bits per heavy atom. The molecule has 0 aliphatic carbocycles. The van der Waals surface area contributed by atoms with Crippen LogP contribution in [0.2, 0.25) is 5.02 Å². The third-order valence-corrected chi connectivity index (χ3v) is 4.73. The number of para-hydroxylation sites is 1. The SMILES string of the molecule is COC(=O)c1ccccc1N(C)C(=O)CSc1ccccc1Cl. The quantitative estimate of drug-likeness (QED) is 0.607. The summed E-state index contributed by atoms with van der Waals surface area (Å²) in [6.45, 7) is 0. The van der Waals surface area contributed by atoms with Crippen molar-refractivity contribution in [3.05, 3.63) is 59.1 Å². The topological polar surface area (TPSA) is 46.6 Å². The highest BCUT2D eigenvalue weighted by atomic mass is 35.5. The van der Waals surface area contributed by atoms with Crippen molar-refractivity contribution >= 4 is 40.9 Å². The molecule has 6 heteroatoms. The monoisotopic (exact) mass is 349 g/mol. The van der Waals surface area contributed by atoms with E-state index < -0.39 is 5.97 Å². The van der Waals surface area contributed by atoms with Crippen LogP contribution in [0.4, 0.5) is 5.69 Å². The number of hydrogen-bond acceptors (Lipinski definition) is 4. The van der Waals surface area contributed by atoms with Gasteiger partial charge in [0.1, 0.15) is 0 Å². The molecule has 120 valence electrons. The van der Waals surface area contributed by atoms with Crippen LogP contribution in [0.15, 0.2) is 53.4 Å². The molecule has 0 saturated carbocycles. The molecule has 4 nitrogen and oxygen atoms in total. The Morgan fingerprint density at radius 2 is 1.78 bits per heavy atom. The smallest absolute Gasteiger partial charge is 0.339 e. The van der Waals surface area contributed by atoms with Gasteiger partial charge in [-0.2, -0.15) is 0 Å². The maximum Gasteiger partial charge on any atom is 0.339 e. The molecule has 0 fully saturated rings. The highest BCUT2D eigenvalue weighted by Crippen LogP contribution is 2.27. The zero-order chi connectivity index (χ0) is 16.8. The van der Waals surface area contributed by atoms with Gasteiger partial charge in [0.2, 0.25) is 5.91 Å². The average molecular weight is 350 g/mol. The number of rotatable bonds is 5. The van der Waals surface area contributed by atoms with Crippen LogP contribution < -0.4 is 4.90 Å². The number of hydrogen-bond donors (Lipinski definition) is 0. The van der Waals surface area contributed by atoms with Gasteiger partial charge in [0.15, 0.2) is 0 Å². The van der Waals surface area contributed by atoms with Crippen molar-refractivity contribution in [3.63, 3.8) is 0 Å². The van der Waals surface area contributed by atoms with Crippen LogP contribution in [0.25, 0.3) is 0 Å². The minimum atomic E-state index is -0.473. The molecule has 0 aliphatic rings. The summed E-state index contributed by atoms with van der Waals surface area (Å²) in [5.41, 5.74) is 0.873. The zero-order valence-corrected chi connectivity index (χ0v) is 14.4. The maximum absolute atomic E-state index is 12.4. The molecule has 2 rings (SSSR count). The van der Waals surface area contributed by atoms with Gasteiger partial charge in [-0.15, -0.1) is 11.8 Å². The standard InChI is InChI=1S/C17H16ClNO3S/c1-19(14-9-5-3-7-12(14)17(21)22-2)16(20)11-23-15-10-6-4-8-13(15)18/h3-10H,11H2,1-2H3. The van der Waals surface area contributed by atoms with E-state index in [0.717, 1.165) is 4.90 Å². The molecule has 0 heterocycles. The summed E-state index contributed by atoms with van der Waals surface area (Å²) in [7, 11) is 2.95. The highest BCUT2D eigenvalue weighted by Gasteiger charge is 2.19. The van der Waals surface area contributed by atoms with Gasteiger partial charge in [-0.3, -0.25) is 4.79 Å². The van der Waals surface area contributed by atoms with Crippen molar-refractivity contribution < 1.29 is 14.3 Å². The van der Waals surface area contributed by atoms with E-state index in [4.69, 9.17) is 16.3 Å². The van der Waals surface area contributed by atoms with E-state index in [1.165, 1.54) is 23.8 Å². The van der Waals surface area contributed by atoms with Gasteiger partial charge in [-0.25, -0.2) is 4.79 Å². The summed E-state index contributed by atoms with van der Waals surface area (Å²) in [5, 5.41) is 0.614. The van der Waals surface area contributed by atoms with E-state index in [9.17, 15) is 9.59 Å². The zero-order valence-electron chi connectivity index (χ0n) is 12.8. The largest absolute Gasteiger partial charge is 0.465 e. The third kappa shape index (κ3) is 4.27. The number of anilines is 1. The number of ether oxygens (including phenoxy) is 1. The van der Waals surface area contributed by atoms with Crippen molar-refractivity contribution in [1.82, 2.24) is 0 Å². The molecular formula is C17H16ClNO3S. The van der Waals surface area contributed by atoms with E-state index in [1.807, 2.05) is 18.2 Å². The first-order valence-electron chi connectivity index (χ1n) is 6.86. The molecule has 0 aromatic heterocycles. The maximum atomic E-state index is 12.4. The number of amides is 1. The van der Waals surface area contributed by atoms with Crippen LogP contribution in [-0.4, -0.2) is 31.8 Å². The Kier molecular flexibility index (Phi) is 6.07. The number of methoxy groups -OCH3 is 1. The molecule has 2 aromatic rings. The Bertz CT molecular complexity index is 720. The van der Waals surface area contributed by atoms with Gasteiger partial charge in [-0.1, -0.05) is 35.9 Å². The van der Waals surface area contributed by atoms with Gasteiger partial charge in [-0.05, 0) is 24.3 Å². The summed E-state index contributed by atoms with van der Waals surface area (Å²) in [6, 6.07) is 14.2. The summed E-state index contributed by atoms with van der Waals surface area (Å²) >= 11 is 7.44. The summed E-state index contributed by atoms with van der Waals surface area (Å²) < 4.78 is 4.75. The van der Waals surface area contributed by atoms with Gasteiger partial charge in [0, 0.05) is 11.9 Å². The first-order valence-corrected chi connectivity index (χ1v) is 8.22. The lowest BCUT2D eigenvalue weighted by Crippen LogP contribution is -2.29. The minimum Gasteiger partial charge on any atom is -0.465 e. The second-order valence-corrected chi connectivity index (χ2v) is 6.10. The predicted octanol–water partition coefficient (Wildman–Crippen LogP) is 3.88. The molecule has 23 heavy (non-hydrogen) atoms. The van der Waals surface area contributed by atoms with Crippen molar-refractivity contribution in [2.24, 2.45) is 0 Å². The van der Waals surface area contributed by atoms with Crippen molar-refractivity contribution in [3.8, 4) is 0 Å². The Balaban J connectivity index is 2.11. The van der Waals surface area contributed by atoms with E-state index >= 15 is 0 Å². The molecule has 0 bridgehead atoms. The first kappa shape index (κ1) is 17.4. The first-order chi connectivity index (χ1) is 11.0. The van der Waals surface area contributed by atoms with Crippen molar-refractivity contribution in [2.75, 3.05) is 24.8 Å². The van der Waals surface area contributed by atoms with Crippen LogP contribution in [0.3, 0.4) is 0 Å². The second kappa shape index (κ2) is 8.04. The van der Waals surface area contributed by atoms with E-state index in [1.54, 1.807) is 37.4 Å². The number of benzene rings is 2. The second-order valence-electron chi connectivity index (χ2n) is 4.68. The lowest BCUT2D eigenvalue weighted by Gasteiger charge is -2.19. The van der Waals surface area contributed by atoms with Gasteiger partial charge in [0.25, 0.3) is 0 Å². The molecule has 0 aliphatic heterocycles. The normalized spacial score (nSPS) is 10.2. The van der Waals surface area contributed by atoms with Gasteiger partial charge in [0.05, 0.1) is 29.1 Å². The lowest BCUT2D eigenvalue weighted by molar-refractivity contribution is -0.115. The molecular weight excluding hydrogens is 334 g/mol. The number of nitrogens with zero attached hydrogens (tertiary/aromatic N) is 1. The summed E-state index contributed by atoms with van der Waals surface area (Å²) in [5.74, 6) is -0.388. The number of esters is 1. The van der Waals surface area contributed by atoms with Crippen LogP contribution in [0, 0.1) is 0 Å². The van der Waals surface area contributed by atoms with E-state index in [0.29, 0.717) is 16.3 Å². The van der Waals surface area contributed by atoms with Crippen LogP contribution in [-0.2, 0) is 9.53 Å². The minimum absolute atomic E-state index is 0.133. The number of carbonyl (C=O) groups is 2. The molecule has 2 aromatic carbocycles. The van der Waals surface area contributed by atoms with Crippen LogP contribution in [0.5, 0.6) is 0 Å². The highest BCUT2D eigenvalue weighted by molar-refractivity contribution is 8.00. The lowest BCUT2D eigenvalue weighted by atomic mass is 10.1. The van der Waals surface area contributed by atoms with Crippen molar-refractivity contribution in [2.45, 2.75) is 4.90 Å². The Labute approximate surface area is 144 Å². The van der Waals surface area contributed by atoms with Gasteiger partial charge >= 0.3 is 5.97 Å². The number of carbonyl (C=O) groups excluding carboxylic acids is 2. The fourth-order valence-corrected chi connectivity index (χ4v) is 3.13. The molecule has 0 spiro atoms. The summed E-state index contributed by atoms with van der Waals surface area (Å²) in [4.78, 5) is 26.5. The van der Waals surface area contributed by atoms with Gasteiger partial charge < -0.3 is 9.64 Å². The Morgan fingerprint density at radius 1 is 1.13 bits per heavy atom. The number of halogens is 1. The van der Waals surface area contributed by atoms with E-state index in [2.05, 4.69) is 0 Å². The molecule has 0 unspecified atom stereocenters. The predicted molar refractivity (Wildman–Crippen MR) is 93.4 cm³/mol. The molecule has 1 amide bonds. The molecule has 0 radical (unpaired) electrons. The fraction of sp³-hybridized carbons (Fsp3) is 0.176. The van der Waals surface area contributed by atoms with Crippen LogP contribution in [0.1, 0.15) is 10.4 Å². The number of thioether (sulfide) groups is 1. The molecule has 0 saturated heterocycles. The summed E-state index contributed by atoms with van der Waals surface area (Å²) in [6.07, 6.45) is 0. The average Bonchev–Trinajstić information content (AvgIpc) is 2.59. The Hall–Kier alpha value is -1.98. The third-order valence-electron chi connectivity index (χ3n) is 3.23. The van der Waals surface area contributed by atoms with E-state index in [-0.39, 0.29) is 11.7 Å². The van der Waals surface area contributed by atoms with Crippen LogP contribution >= 0.6 is 23.4 Å². The van der Waals surface area contributed by atoms with Crippen molar-refractivity contribution in [1.29, 1.82) is 0 Å². The molecule has 0 atom stereocenters.